The van der Waals surface area contributed by atoms with E-state index >= 15 is 0 Å². The third-order valence-electron chi connectivity index (χ3n) is 2.23. The van der Waals surface area contributed by atoms with Gasteiger partial charge in [-0.3, -0.25) is 0 Å². The fourth-order valence-corrected chi connectivity index (χ4v) is 1.38. The van der Waals surface area contributed by atoms with Gasteiger partial charge in [-0.1, -0.05) is 0 Å². The number of hydrogen-bond donors (Lipinski definition) is 1. The topological polar surface area (TPSA) is 44.5 Å². The zero-order chi connectivity index (χ0) is 11.8. The van der Waals surface area contributed by atoms with Gasteiger partial charge in [-0.15, -0.1) is 0 Å². The van der Waals surface area contributed by atoms with Crippen LogP contribution in [0.25, 0.3) is 0 Å². The summed E-state index contributed by atoms with van der Waals surface area (Å²) in [6.45, 7) is 6.00. The van der Waals surface area contributed by atoms with Gasteiger partial charge in [0.05, 0.1) is 11.8 Å². The van der Waals surface area contributed by atoms with Gasteiger partial charge in [0.25, 0.3) is 0 Å². The Balaban J connectivity index is 2.14. The third-order valence-corrected chi connectivity index (χ3v) is 2.23. The Morgan fingerprint density at radius 1 is 1.25 bits per heavy atom. The van der Waals surface area contributed by atoms with Crippen LogP contribution in [0.1, 0.15) is 33.6 Å². The van der Waals surface area contributed by atoms with Crippen molar-refractivity contribution in [3.05, 3.63) is 18.2 Å². The van der Waals surface area contributed by atoms with Crippen molar-refractivity contribution in [3.8, 4) is 11.5 Å². The first kappa shape index (κ1) is 11.1. The molecule has 0 heterocycles. The zero-order valence-electron chi connectivity index (χ0n) is 10.1. The molecular weight excluding hydrogens is 202 g/mol. The van der Waals surface area contributed by atoms with Crippen molar-refractivity contribution in [1.29, 1.82) is 0 Å². The van der Waals surface area contributed by atoms with E-state index in [0.717, 1.165) is 18.6 Å². The molecule has 2 N–H and O–H groups in total. The van der Waals surface area contributed by atoms with Gasteiger partial charge in [0.15, 0.2) is 0 Å². The van der Waals surface area contributed by atoms with Crippen LogP contribution in [0.5, 0.6) is 11.5 Å². The summed E-state index contributed by atoms with van der Waals surface area (Å²) in [4.78, 5) is 0. The van der Waals surface area contributed by atoms with Gasteiger partial charge in [0.1, 0.15) is 17.1 Å². The minimum atomic E-state index is -0.244. The smallest absolute Gasteiger partial charge is 0.146 e. The number of nitrogens with two attached hydrogens (primary N) is 1. The molecule has 2 rings (SSSR count). The van der Waals surface area contributed by atoms with Gasteiger partial charge in [-0.2, -0.15) is 0 Å². The second-order valence-electron chi connectivity index (χ2n) is 5.23. The van der Waals surface area contributed by atoms with E-state index < -0.39 is 0 Å². The molecule has 1 aliphatic carbocycles. The van der Waals surface area contributed by atoms with Gasteiger partial charge in [-0.05, 0) is 45.7 Å². The van der Waals surface area contributed by atoms with E-state index in [1.165, 1.54) is 0 Å². The van der Waals surface area contributed by atoms with E-state index in [-0.39, 0.29) is 5.60 Å². The molecule has 0 saturated heterocycles. The number of anilines is 1. The van der Waals surface area contributed by atoms with Crippen LogP contribution in [-0.2, 0) is 0 Å². The van der Waals surface area contributed by atoms with Gasteiger partial charge in [-0.25, -0.2) is 0 Å². The van der Waals surface area contributed by atoms with E-state index in [1.54, 1.807) is 0 Å². The van der Waals surface area contributed by atoms with Crippen LogP contribution in [0.3, 0.4) is 0 Å². The Morgan fingerprint density at radius 3 is 2.50 bits per heavy atom. The lowest BCUT2D eigenvalue weighted by Gasteiger charge is -2.22. The van der Waals surface area contributed by atoms with Crippen LogP contribution in [0.4, 0.5) is 5.69 Å². The van der Waals surface area contributed by atoms with Crippen molar-refractivity contribution >= 4 is 5.69 Å². The standard InChI is InChI=1S/C13H19NO2/c1-13(2,3)16-12-8-10(6-7-11(12)14)15-9-4-5-9/h6-9H,4-5,14H2,1-3H3. The minimum Gasteiger partial charge on any atom is -0.490 e. The Bertz CT molecular complexity index is 378. The van der Waals surface area contributed by atoms with E-state index in [4.69, 9.17) is 15.2 Å². The summed E-state index contributed by atoms with van der Waals surface area (Å²) in [6, 6.07) is 5.60. The molecule has 0 unspecified atom stereocenters. The van der Waals surface area contributed by atoms with Gasteiger partial charge in [0.2, 0.25) is 0 Å². The molecule has 1 aromatic carbocycles. The first-order valence-corrected chi connectivity index (χ1v) is 5.69. The van der Waals surface area contributed by atoms with Crippen molar-refractivity contribution in [2.75, 3.05) is 5.73 Å². The van der Waals surface area contributed by atoms with Crippen LogP contribution in [0, 0.1) is 0 Å². The lowest BCUT2D eigenvalue weighted by atomic mass is 10.2. The summed E-state index contributed by atoms with van der Waals surface area (Å²) < 4.78 is 11.5. The summed E-state index contributed by atoms with van der Waals surface area (Å²) in [6.07, 6.45) is 2.70. The largest absolute Gasteiger partial charge is 0.490 e. The van der Waals surface area contributed by atoms with Crippen molar-refractivity contribution in [3.63, 3.8) is 0 Å². The maximum Gasteiger partial charge on any atom is 0.146 e. The Kier molecular flexibility index (Phi) is 2.70. The second kappa shape index (κ2) is 3.89. The summed E-state index contributed by atoms with van der Waals surface area (Å²) >= 11 is 0. The van der Waals surface area contributed by atoms with Gasteiger partial charge in [0, 0.05) is 6.07 Å². The highest BCUT2D eigenvalue weighted by molar-refractivity contribution is 5.55. The van der Waals surface area contributed by atoms with E-state index in [2.05, 4.69) is 0 Å². The Labute approximate surface area is 96.5 Å². The zero-order valence-corrected chi connectivity index (χ0v) is 10.1. The summed E-state index contributed by atoms with van der Waals surface area (Å²) in [5.74, 6) is 1.54. The molecule has 0 bridgehead atoms. The van der Waals surface area contributed by atoms with E-state index in [9.17, 15) is 0 Å². The molecule has 0 aromatic heterocycles. The first-order valence-electron chi connectivity index (χ1n) is 5.69. The number of benzene rings is 1. The van der Waals surface area contributed by atoms with Gasteiger partial charge < -0.3 is 15.2 Å². The van der Waals surface area contributed by atoms with Crippen LogP contribution >= 0.6 is 0 Å². The highest BCUT2D eigenvalue weighted by atomic mass is 16.5. The maximum atomic E-state index is 5.86. The number of rotatable bonds is 3. The quantitative estimate of drug-likeness (QED) is 0.798. The number of ether oxygens (including phenoxy) is 2. The molecule has 0 radical (unpaired) electrons. The lowest BCUT2D eigenvalue weighted by molar-refractivity contribution is 0.131. The van der Waals surface area contributed by atoms with Gasteiger partial charge >= 0.3 is 0 Å². The SMILES string of the molecule is CC(C)(C)Oc1cc(OC2CC2)ccc1N. The Hall–Kier alpha value is -1.38. The van der Waals surface area contributed by atoms with E-state index in [0.29, 0.717) is 17.5 Å². The molecule has 0 spiro atoms. The van der Waals surface area contributed by atoms with Crippen molar-refractivity contribution in [2.24, 2.45) is 0 Å². The fourth-order valence-electron chi connectivity index (χ4n) is 1.38. The van der Waals surface area contributed by atoms with Crippen molar-refractivity contribution < 1.29 is 9.47 Å². The molecule has 0 atom stereocenters. The average Bonchev–Trinajstić information content (AvgIpc) is 2.92. The van der Waals surface area contributed by atoms with Crippen LogP contribution in [-0.4, -0.2) is 11.7 Å². The summed E-state index contributed by atoms with van der Waals surface area (Å²) in [5, 5.41) is 0. The first-order chi connectivity index (χ1) is 7.44. The third kappa shape index (κ3) is 3.05. The molecule has 1 aromatic rings. The fraction of sp³-hybridized carbons (Fsp3) is 0.538. The molecule has 3 nitrogen and oxygen atoms in total. The summed E-state index contributed by atoms with van der Waals surface area (Å²) in [7, 11) is 0. The molecule has 1 fully saturated rings. The van der Waals surface area contributed by atoms with Crippen molar-refractivity contribution in [1.82, 2.24) is 0 Å². The molecule has 16 heavy (non-hydrogen) atoms. The van der Waals surface area contributed by atoms with Crippen LogP contribution < -0.4 is 15.2 Å². The molecule has 88 valence electrons. The summed E-state index contributed by atoms with van der Waals surface area (Å²) in [5.41, 5.74) is 6.27. The molecule has 3 heteroatoms. The Morgan fingerprint density at radius 2 is 1.94 bits per heavy atom. The number of hydrogen-bond acceptors (Lipinski definition) is 3. The average molecular weight is 221 g/mol. The normalized spacial score (nSPS) is 15.9. The highest BCUT2D eigenvalue weighted by Gasteiger charge is 2.24. The molecular formula is C13H19NO2. The predicted molar refractivity (Wildman–Crippen MR) is 64.9 cm³/mol. The lowest BCUT2D eigenvalue weighted by Crippen LogP contribution is -2.23. The molecule has 1 aliphatic rings. The second-order valence-corrected chi connectivity index (χ2v) is 5.23. The highest BCUT2D eigenvalue weighted by Crippen LogP contribution is 2.33. The van der Waals surface area contributed by atoms with Crippen LogP contribution in [0.2, 0.25) is 0 Å². The predicted octanol–water partition coefficient (Wildman–Crippen LogP) is 2.99. The van der Waals surface area contributed by atoms with Crippen LogP contribution in [0.15, 0.2) is 18.2 Å². The van der Waals surface area contributed by atoms with E-state index in [1.807, 2.05) is 39.0 Å². The molecule has 0 amide bonds. The molecule has 1 saturated carbocycles. The minimum absolute atomic E-state index is 0.244. The monoisotopic (exact) mass is 221 g/mol. The number of nitrogen functional groups attached to an aromatic ring is 1. The van der Waals surface area contributed by atoms with Crippen molar-refractivity contribution in [2.45, 2.75) is 45.3 Å². The maximum absolute atomic E-state index is 5.86. The molecule has 0 aliphatic heterocycles.